The van der Waals surface area contributed by atoms with E-state index >= 15 is 0 Å². The van der Waals surface area contributed by atoms with Gasteiger partial charge in [-0.2, -0.15) is 0 Å². The molecule has 0 aromatic rings. The summed E-state index contributed by atoms with van der Waals surface area (Å²) < 4.78 is 29.2. The van der Waals surface area contributed by atoms with Crippen molar-refractivity contribution in [3.8, 4) is 0 Å². The normalized spacial score (nSPS) is 52.8. The Balaban J connectivity index is 1.04. The van der Waals surface area contributed by atoms with E-state index < -0.39 is 96.7 Å². The summed E-state index contributed by atoms with van der Waals surface area (Å²) >= 11 is 0. The van der Waals surface area contributed by atoms with Crippen molar-refractivity contribution in [3.05, 3.63) is 0 Å². The molecule has 328 valence electrons. The van der Waals surface area contributed by atoms with E-state index in [9.17, 15) is 45.6 Å². The highest BCUT2D eigenvalue weighted by Crippen LogP contribution is 2.89. The summed E-state index contributed by atoms with van der Waals surface area (Å²) in [4.78, 5) is 11.5. The van der Waals surface area contributed by atoms with Gasteiger partial charge in [-0.1, -0.05) is 34.6 Å². The molecule has 8 N–H and O–H groups in total. The fourth-order valence-electron chi connectivity index (χ4n) is 14.4. The lowest BCUT2D eigenvalue weighted by atomic mass is 9.40. The van der Waals surface area contributed by atoms with Gasteiger partial charge in [0, 0.05) is 18.8 Å². The molecule has 0 amide bonds. The van der Waals surface area contributed by atoms with Gasteiger partial charge in [0.1, 0.15) is 30.5 Å². The molecule has 7 aliphatic rings. The predicted octanol–water partition coefficient (Wildman–Crippen LogP) is 2.16. The largest absolute Gasteiger partial charge is 0.457 e. The maximum Gasteiger partial charge on any atom is 0.303 e. The lowest BCUT2D eigenvalue weighted by molar-refractivity contribution is -0.327. The minimum absolute atomic E-state index is 0.0146. The Hall–Kier alpha value is -1.01. The number of carbonyl (C=O) groups excluding carboxylic acids is 1. The average molecular weight is 813 g/mol. The summed E-state index contributed by atoms with van der Waals surface area (Å²) in [6.45, 7) is 17.3. The van der Waals surface area contributed by atoms with Crippen molar-refractivity contribution in [2.75, 3.05) is 6.61 Å². The van der Waals surface area contributed by atoms with Gasteiger partial charge in [-0.3, -0.25) is 4.79 Å². The van der Waals surface area contributed by atoms with E-state index in [1.54, 1.807) is 20.8 Å². The molecule has 5 aliphatic carbocycles. The highest BCUT2D eigenvalue weighted by Gasteiger charge is 2.86. The Kier molecular flexibility index (Phi) is 11.5. The zero-order chi connectivity index (χ0) is 42.0. The third-order valence-corrected chi connectivity index (χ3v) is 17.6. The van der Waals surface area contributed by atoms with Gasteiger partial charge in [0.25, 0.3) is 0 Å². The van der Waals surface area contributed by atoms with E-state index in [0.717, 1.165) is 38.5 Å². The molecule has 21 atom stereocenters. The molecule has 0 unspecified atom stereocenters. The first-order chi connectivity index (χ1) is 26.4. The maximum absolute atomic E-state index is 12.4. The number of hydrogen-bond acceptors (Lipinski definition) is 14. The van der Waals surface area contributed by atoms with Gasteiger partial charge < -0.3 is 64.5 Å². The van der Waals surface area contributed by atoms with Crippen LogP contribution in [0.2, 0.25) is 0 Å². The van der Waals surface area contributed by atoms with Gasteiger partial charge in [-0.05, 0) is 117 Å². The lowest BCUT2D eigenvalue weighted by Gasteiger charge is -2.65. The zero-order valence-electron chi connectivity index (χ0n) is 35.4. The molecular formula is C43H72O14. The van der Waals surface area contributed by atoms with E-state index in [1.807, 2.05) is 0 Å². The average Bonchev–Trinajstić information content (AvgIpc) is 3.71. The summed E-state index contributed by atoms with van der Waals surface area (Å²) in [5.74, 6) is -0.0333. The second kappa shape index (κ2) is 14.8. The molecule has 14 nitrogen and oxygen atoms in total. The monoisotopic (exact) mass is 812 g/mol. The van der Waals surface area contributed by atoms with Crippen molar-refractivity contribution in [1.29, 1.82) is 0 Å². The third-order valence-electron chi connectivity index (χ3n) is 17.6. The van der Waals surface area contributed by atoms with E-state index in [1.165, 1.54) is 6.92 Å². The van der Waals surface area contributed by atoms with Crippen LogP contribution in [0.15, 0.2) is 0 Å². The second-order valence-corrected chi connectivity index (χ2v) is 21.2. The number of fused-ring (bicyclic) bond motifs is 2. The number of ether oxygens (including phenoxy) is 5. The van der Waals surface area contributed by atoms with Gasteiger partial charge in [-0.15, -0.1) is 0 Å². The van der Waals surface area contributed by atoms with Crippen molar-refractivity contribution in [2.45, 2.75) is 205 Å². The van der Waals surface area contributed by atoms with Crippen molar-refractivity contribution in [2.24, 2.45) is 50.7 Å². The Morgan fingerprint density at radius 2 is 1.53 bits per heavy atom. The fourth-order valence-corrected chi connectivity index (χ4v) is 14.4. The van der Waals surface area contributed by atoms with Crippen LogP contribution in [-0.4, -0.2) is 139 Å². The van der Waals surface area contributed by atoms with Crippen LogP contribution >= 0.6 is 0 Å². The number of hydrogen-bond donors (Lipinski definition) is 8. The van der Waals surface area contributed by atoms with Gasteiger partial charge in [-0.25, -0.2) is 0 Å². The first-order valence-corrected chi connectivity index (χ1v) is 21.6. The van der Waals surface area contributed by atoms with Crippen LogP contribution < -0.4 is 0 Å². The van der Waals surface area contributed by atoms with Crippen LogP contribution in [0.4, 0.5) is 0 Å². The van der Waals surface area contributed by atoms with Gasteiger partial charge >= 0.3 is 5.97 Å². The molecular weight excluding hydrogens is 740 g/mol. The quantitative estimate of drug-likeness (QED) is 0.117. The van der Waals surface area contributed by atoms with Crippen LogP contribution in [-0.2, 0) is 28.5 Å². The molecule has 7 fully saturated rings. The molecule has 0 aromatic carbocycles. The summed E-state index contributed by atoms with van der Waals surface area (Å²) in [6, 6.07) is 0. The summed E-state index contributed by atoms with van der Waals surface area (Å²) in [5.41, 5.74) is -2.60. The molecule has 5 saturated carbocycles. The van der Waals surface area contributed by atoms with E-state index in [2.05, 4.69) is 34.6 Å². The molecule has 57 heavy (non-hydrogen) atoms. The smallest absolute Gasteiger partial charge is 0.303 e. The zero-order valence-corrected chi connectivity index (χ0v) is 35.4. The van der Waals surface area contributed by atoms with Gasteiger partial charge in [0.15, 0.2) is 18.7 Å². The highest BCUT2D eigenvalue weighted by atomic mass is 16.7. The van der Waals surface area contributed by atoms with Crippen molar-refractivity contribution >= 4 is 5.97 Å². The molecule has 2 aliphatic heterocycles. The molecule has 0 radical (unpaired) electrons. The van der Waals surface area contributed by atoms with Crippen LogP contribution in [0.3, 0.4) is 0 Å². The summed E-state index contributed by atoms with van der Waals surface area (Å²) in [7, 11) is 0. The van der Waals surface area contributed by atoms with Gasteiger partial charge in [0.2, 0.25) is 0 Å². The van der Waals surface area contributed by atoms with Crippen LogP contribution in [0, 0.1) is 50.7 Å². The number of aliphatic hydroxyl groups is 8. The first kappa shape index (κ1) is 44.1. The number of carbonyl (C=O) groups is 1. The fraction of sp³-hybridized carbons (Fsp3) is 0.977. The highest BCUT2D eigenvalue weighted by molar-refractivity contribution is 5.66. The standard InChI is InChI=1S/C43H72O14/c1-20(10-11-28(39(6,7)52)56-36-33(50)31(48)25(18-53-36)55-22(3)44)23-12-13-41(9)35-24(45)16-26-38(4,5)29(57-37-34(51)32(49)30(47)21(2)54-37)17-27(46)43(26)19-42(35,43)15-14-40(23,41)8/h20-21,23-37,45-52H,10-19H2,1-9H3/t20-,21+,23-,24+,25-,26+,27+,28+,29+,30+,31+,32-,33-,34-,35+,36+,37+,40-,41+,42+,43-/m1/s1. The lowest BCUT2D eigenvalue weighted by Crippen LogP contribution is -2.65. The Labute approximate surface area is 337 Å². The van der Waals surface area contributed by atoms with Crippen molar-refractivity contribution < 1.29 is 69.3 Å². The van der Waals surface area contributed by atoms with Gasteiger partial charge in [0.05, 0.1) is 42.7 Å². The number of rotatable bonds is 10. The Bertz CT molecular complexity index is 1490. The molecule has 14 heteroatoms. The SMILES string of the molecule is CC(=O)O[C@@H]1CO[C@@H](O[C@@H](CC[C@@H](C)[C@H]2CC[C@@]3(C)[C@@H]4[C@@H](O)C[C@H]5C(C)(C)[C@@H](O[C@@H]6O[C@@H](C)[C@H](O)[C@@H](O)[C@H]6O)C[C@H](O)[C@@]56C[C@@]46CC[C@]23C)C(C)(C)O)[C@H](O)[C@H]1O. The van der Waals surface area contributed by atoms with Crippen LogP contribution in [0.1, 0.15) is 120 Å². The summed E-state index contributed by atoms with van der Waals surface area (Å²) in [5, 5.41) is 88.7. The minimum Gasteiger partial charge on any atom is -0.457 e. The first-order valence-electron chi connectivity index (χ1n) is 21.6. The Morgan fingerprint density at radius 3 is 2.18 bits per heavy atom. The maximum atomic E-state index is 12.4. The Morgan fingerprint density at radius 1 is 0.860 bits per heavy atom. The van der Waals surface area contributed by atoms with Crippen molar-refractivity contribution in [1.82, 2.24) is 0 Å². The molecule has 2 saturated heterocycles. The molecule has 2 spiro atoms. The topological polar surface area (TPSA) is 225 Å². The number of aliphatic hydroxyl groups excluding tert-OH is 7. The van der Waals surface area contributed by atoms with E-state index in [-0.39, 0.29) is 46.0 Å². The summed E-state index contributed by atoms with van der Waals surface area (Å²) in [6.07, 6.45) is -6.75. The van der Waals surface area contributed by atoms with Crippen LogP contribution in [0.5, 0.6) is 0 Å². The van der Waals surface area contributed by atoms with Crippen molar-refractivity contribution in [3.63, 3.8) is 0 Å². The minimum atomic E-state index is -1.47. The van der Waals surface area contributed by atoms with E-state index in [4.69, 9.17) is 23.7 Å². The number of esters is 1. The predicted molar refractivity (Wildman–Crippen MR) is 204 cm³/mol. The second-order valence-electron chi connectivity index (χ2n) is 21.2. The molecule has 2 heterocycles. The molecule has 7 rings (SSSR count). The molecule has 0 aromatic heterocycles. The van der Waals surface area contributed by atoms with E-state index in [0.29, 0.717) is 25.2 Å². The van der Waals surface area contributed by atoms with Crippen LogP contribution in [0.25, 0.3) is 0 Å². The third kappa shape index (κ3) is 6.68. The molecule has 0 bridgehead atoms.